The third-order valence-electron chi connectivity index (χ3n) is 3.66. The number of benzene rings is 1. The van der Waals surface area contributed by atoms with Gasteiger partial charge in [-0.3, -0.25) is 0 Å². The summed E-state index contributed by atoms with van der Waals surface area (Å²) in [5.41, 5.74) is 0.807. The van der Waals surface area contributed by atoms with E-state index in [4.69, 9.17) is 27.9 Å². The molecule has 0 saturated carbocycles. The normalized spacial score (nSPS) is 22.7. The minimum atomic E-state index is -2.94. The Hall–Kier alpha value is -0.490. The van der Waals surface area contributed by atoms with Crippen LogP contribution in [0.3, 0.4) is 0 Å². The summed E-state index contributed by atoms with van der Waals surface area (Å²) in [5, 5.41) is 4.14. The van der Waals surface area contributed by atoms with Crippen LogP contribution in [0.5, 0.6) is 5.75 Å². The maximum atomic E-state index is 11.6. The molecule has 2 atom stereocenters. The van der Waals surface area contributed by atoms with Crippen LogP contribution in [0.2, 0.25) is 10.0 Å². The summed E-state index contributed by atoms with van der Waals surface area (Å²) >= 11 is 12.4. The average molecular weight is 338 g/mol. The van der Waals surface area contributed by atoms with Crippen molar-refractivity contribution in [3.63, 3.8) is 0 Å². The summed E-state index contributed by atoms with van der Waals surface area (Å²) in [4.78, 5) is 0. The Kier molecular flexibility index (Phi) is 4.84. The molecule has 0 amide bonds. The number of hydrogen-bond acceptors (Lipinski definition) is 4. The van der Waals surface area contributed by atoms with Crippen LogP contribution in [0.15, 0.2) is 12.1 Å². The molecule has 1 aliphatic rings. The van der Waals surface area contributed by atoms with Gasteiger partial charge in [-0.2, -0.15) is 0 Å². The molecule has 20 heavy (non-hydrogen) atoms. The summed E-state index contributed by atoms with van der Waals surface area (Å²) in [5.74, 6) is 0.928. The second-order valence-corrected chi connectivity index (χ2v) is 7.98. The van der Waals surface area contributed by atoms with Gasteiger partial charge in [-0.25, -0.2) is 8.42 Å². The Morgan fingerprint density at radius 1 is 1.35 bits per heavy atom. The largest absolute Gasteiger partial charge is 0.495 e. The average Bonchev–Trinajstić information content (AvgIpc) is 2.74. The molecule has 4 nitrogen and oxygen atoms in total. The SMILES string of the molecule is CNC(c1cc(Cl)c(OC)cc1Cl)C1CCS(=O)(=O)C1. The van der Waals surface area contributed by atoms with Gasteiger partial charge in [0.2, 0.25) is 0 Å². The van der Waals surface area contributed by atoms with Gasteiger partial charge in [-0.1, -0.05) is 23.2 Å². The number of nitrogens with one attached hydrogen (secondary N) is 1. The first kappa shape index (κ1) is 15.9. The van der Waals surface area contributed by atoms with Crippen LogP contribution in [0, 0.1) is 5.92 Å². The Bertz CT molecular complexity index is 604. The molecular weight excluding hydrogens is 321 g/mol. The molecule has 1 fully saturated rings. The molecule has 1 heterocycles. The fourth-order valence-corrected chi connectivity index (χ4v) is 5.03. The third kappa shape index (κ3) is 3.22. The standard InChI is InChI=1S/C13H17Cl2NO3S/c1-16-13(8-3-4-20(17,18)7-8)9-5-11(15)12(19-2)6-10(9)14/h5-6,8,13,16H,3-4,7H2,1-2H3. The zero-order valence-corrected chi connectivity index (χ0v) is 13.6. The van der Waals surface area contributed by atoms with Crippen molar-refractivity contribution in [2.45, 2.75) is 12.5 Å². The summed E-state index contributed by atoms with van der Waals surface area (Å²) < 4.78 is 28.4. The quantitative estimate of drug-likeness (QED) is 0.917. The van der Waals surface area contributed by atoms with Crippen LogP contribution in [0.1, 0.15) is 18.0 Å². The van der Waals surface area contributed by atoms with Crippen molar-refractivity contribution in [1.29, 1.82) is 0 Å². The van der Waals surface area contributed by atoms with E-state index in [1.807, 2.05) is 0 Å². The molecule has 112 valence electrons. The molecule has 2 rings (SSSR count). The van der Waals surface area contributed by atoms with Gasteiger partial charge >= 0.3 is 0 Å². The lowest BCUT2D eigenvalue weighted by Gasteiger charge is -2.24. The van der Waals surface area contributed by atoms with Crippen LogP contribution >= 0.6 is 23.2 Å². The second kappa shape index (κ2) is 6.10. The molecule has 1 aromatic carbocycles. The molecule has 0 aliphatic carbocycles. The number of methoxy groups -OCH3 is 1. The van der Waals surface area contributed by atoms with Gasteiger partial charge < -0.3 is 10.1 Å². The van der Waals surface area contributed by atoms with Crippen LogP contribution in [0.25, 0.3) is 0 Å². The van der Waals surface area contributed by atoms with E-state index in [1.54, 1.807) is 19.2 Å². The van der Waals surface area contributed by atoms with Crippen LogP contribution in [0.4, 0.5) is 0 Å². The molecular formula is C13H17Cl2NO3S. The number of rotatable bonds is 4. The van der Waals surface area contributed by atoms with Gasteiger partial charge in [0.25, 0.3) is 0 Å². The van der Waals surface area contributed by atoms with E-state index in [2.05, 4.69) is 5.32 Å². The van der Waals surface area contributed by atoms with Gasteiger partial charge in [0, 0.05) is 17.1 Å². The Labute approximate surface area is 129 Å². The predicted octanol–water partition coefficient (Wildman–Crippen LogP) is 2.70. The van der Waals surface area contributed by atoms with E-state index >= 15 is 0 Å². The Morgan fingerprint density at radius 2 is 2.05 bits per heavy atom. The summed E-state index contributed by atoms with van der Waals surface area (Å²) in [7, 11) is 0.385. The van der Waals surface area contributed by atoms with Gasteiger partial charge in [-0.05, 0) is 31.0 Å². The fraction of sp³-hybridized carbons (Fsp3) is 0.538. The molecule has 0 radical (unpaired) electrons. The van der Waals surface area contributed by atoms with Crippen LogP contribution in [-0.2, 0) is 9.84 Å². The Balaban J connectivity index is 2.35. The van der Waals surface area contributed by atoms with E-state index < -0.39 is 9.84 Å². The van der Waals surface area contributed by atoms with E-state index in [9.17, 15) is 8.42 Å². The molecule has 1 aromatic rings. The van der Waals surface area contributed by atoms with Crippen molar-refractivity contribution >= 4 is 33.0 Å². The summed E-state index contributed by atoms with van der Waals surface area (Å²) in [6.07, 6.45) is 0.633. The molecule has 0 bridgehead atoms. The molecule has 0 aromatic heterocycles. The van der Waals surface area contributed by atoms with E-state index in [1.165, 1.54) is 7.11 Å². The van der Waals surface area contributed by atoms with Crippen molar-refractivity contribution in [3.05, 3.63) is 27.7 Å². The number of ether oxygens (including phenoxy) is 1. The van der Waals surface area contributed by atoms with Crippen molar-refractivity contribution in [1.82, 2.24) is 5.32 Å². The lowest BCUT2D eigenvalue weighted by molar-refractivity contribution is 0.408. The van der Waals surface area contributed by atoms with Crippen LogP contribution < -0.4 is 10.1 Å². The second-order valence-electron chi connectivity index (χ2n) is 4.94. The monoisotopic (exact) mass is 337 g/mol. The van der Waals surface area contributed by atoms with Gasteiger partial charge in [0.1, 0.15) is 5.75 Å². The highest BCUT2D eigenvalue weighted by molar-refractivity contribution is 7.91. The van der Waals surface area contributed by atoms with E-state index in [0.717, 1.165) is 5.56 Å². The molecule has 0 spiro atoms. The first-order chi connectivity index (χ1) is 9.38. The van der Waals surface area contributed by atoms with Crippen LogP contribution in [-0.4, -0.2) is 34.1 Å². The van der Waals surface area contributed by atoms with Crippen molar-refractivity contribution < 1.29 is 13.2 Å². The summed E-state index contributed by atoms with van der Waals surface area (Å²) in [6, 6.07) is 3.27. The smallest absolute Gasteiger partial charge is 0.150 e. The van der Waals surface area contributed by atoms with Crippen molar-refractivity contribution in [2.75, 3.05) is 25.7 Å². The van der Waals surface area contributed by atoms with Crippen molar-refractivity contribution in [2.24, 2.45) is 5.92 Å². The fourth-order valence-electron chi connectivity index (χ4n) is 2.67. The highest BCUT2D eigenvalue weighted by Gasteiger charge is 2.34. The first-order valence-electron chi connectivity index (χ1n) is 6.28. The van der Waals surface area contributed by atoms with Gasteiger partial charge in [-0.15, -0.1) is 0 Å². The lowest BCUT2D eigenvalue weighted by Crippen LogP contribution is -2.26. The first-order valence-corrected chi connectivity index (χ1v) is 8.86. The molecule has 1 saturated heterocycles. The highest BCUT2D eigenvalue weighted by Crippen LogP contribution is 2.39. The lowest BCUT2D eigenvalue weighted by atomic mass is 9.92. The molecule has 2 unspecified atom stereocenters. The zero-order chi connectivity index (χ0) is 14.9. The van der Waals surface area contributed by atoms with Gasteiger partial charge in [0.05, 0.1) is 23.6 Å². The van der Waals surface area contributed by atoms with E-state index in [-0.39, 0.29) is 23.5 Å². The van der Waals surface area contributed by atoms with Crippen molar-refractivity contribution in [3.8, 4) is 5.75 Å². The molecule has 7 heteroatoms. The predicted molar refractivity (Wildman–Crippen MR) is 81.6 cm³/mol. The Morgan fingerprint density at radius 3 is 2.55 bits per heavy atom. The molecule has 1 N–H and O–H groups in total. The maximum Gasteiger partial charge on any atom is 0.150 e. The van der Waals surface area contributed by atoms with E-state index in [0.29, 0.717) is 22.2 Å². The summed E-state index contributed by atoms with van der Waals surface area (Å²) in [6.45, 7) is 0. The van der Waals surface area contributed by atoms with Gasteiger partial charge in [0.15, 0.2) is 9.84 Å². The minimum absolute atomic E-state index is 0.00645. The highest BCUT2D eigenvalue weighted by atomic mass is 35.5. The topological polar surface area (TPSA) is 55.4 Å². The third-order valence-corrected chi connectivity index (χ3v) is 6.07. The minimum Gasteiger partial charge on any atom is -0.495 e. The number of halogens is 2. The zero-order valence-electron chi connectivity index (χ0n) is 11.3. The maximum absolute atomic E-state index is 11.6. The number of sulfone groups is 1. The molecule has 1 aliphatic heterocycles. The number of hydrogen-bond donors (Lipinski definition) is 1.